The largest absolute Gasteiger partial charge is 0.493 e. The van der Waals surface area contributed by atoms with Crippen LogP contribution in [0.1, 0.15) is 5.56 Å². The van der Waals surface area contributed by atoms with Crippen molar-refractivity contribution in [3.63, 3.8) is 0 Å². The first kappa shape index (κ1) is 23.1. The fourth-order valence-corrected chi connectivity index (χ4v) is 4.66. The Bertz CT molecular complexity index is 1330. The molecule has 0 aliphatic carbocycles. The van der Waals surface area contributed by atoms with E-state index in [1.807, 2.05) is 30.3 Å². The Morgan fingerprint density at radius 3 is 2.26 bits per heavy atom. The van der Waals surface area contributed by atoms with Gasteiger partial charge in [-0.1, -0.05) is 18.2 Å². The average Bonchev–Trinajstić information content (AvgIpc) is 3.35. The lowest BCUT2D eigenvalue weighted by Crippen LogP contribution is -2.46. The smallest absolute Gasteiger partial charge is 0.176 e. The zero-order valence-electron chi connectivity index (χ0n) is 20.2. The van der Waals surface area contributed by atoms with Crippen molar-refractivity contribution in [3.8, 4) is 28.6 Å². The topological polar surface area (TPSA) is 47.3 Å². The van der Waals surface area contributed by atoms with Crippen molar-refractivity contribution in [1.82, 2.24) is 4.90 Å². The van der Waals surface area contributed by atoms with Crippen molar-refractivity contribution in [3.05, 3.63) is 72.0 Å². The standard InChI is InChI=1S/C28H29FN2O4/c1-32-24-10-8-22(16-27(24)34-3)31-13-11-30(12-14-31)18-20-7-9-25(33-2)28-23(20)17-26(35-28)19-5-4-6-21(29)15-19/h4-10,15-17H,11-14,18H2,1-3H3. The lowest BCUT2D eigenvalue weighted by Gasteiger charge is -2.36. The van der Waals surface area contributed by atoms with Gasteiger partial charge < -0.3 is 23.5 Å². The second-order valence-electron chi connectivity index (χ2n) is 8.59. The maximum Gasteiger partial charge on any atom is 0.176 e. The van der Waals surface area contributed by atoms with Crippen molar-refractivity contribution >= 4 is 16.7 Å². The summed E-state index contributed by atoms with van der Waals surface area (Å²) in [5.41, 5.74) is 3.68. The Labute approximate surface area is 204 Å². The number of hydrogen-bond acceptors (Lipinski definition) is 6. The van der Waals surface area contributed by atoms with Crippen molar-refractivity contribution < 1.29 is 23.0 Å². The Morgan fingerprint density at radius 2 is 1.54 bits per heavy atom. The molecular formula is C28H29FN2O4. The highest BCUT2D eigenvalue weighted by Crippen LogP contribution is 2.37. The van der Waals surface area contributed by atoms with Gasteiger partial charge in [-0.05, 0) is 42.0 Å². The number of ether oxygens (including phenoxy) is 3. The van der Waals surface area contributed by atoms with Crippen LogP contribution in [0.5, 0.6) is 17.2 Å². The molecule has 2 heterocycles. The van der Waals surface area contributed by atoms with Crippen LogP contribution < -0.4 is 19.1 Å². The van der Waals surface area contributed by atoms with Crippen LogP contribution in [0.2, 0.25) is 0 Å². The van der Waals surface area contributed by atoms with E-state index in [9.17, 15) is 4.39 Å². The van der Waals surface area contributed by atoms with Gasteiger partial charge in [0.15, 0.2) is 22.8 Å². The Kier molecular flexibility index (Phi) is 6.51. The fourth-order valence-electron chi connectivity index (χ4n) is 4.66. The molecule has 0 amide bonds. The molecule has 182 valence electrons. The van der Waals surface area contributed by atoms with Crippen LogP contribution >= 0.6 is 0 Å². The molecule has 3 aromatic carbocycles. The predicted octanol–water partition coefficient (Wildman–Crippen LogP) is 5.59. The molecule has 1 saturated heterocycles. The van der Waals surface area contributed by atoms with E-state index in [1.54, 1.807) is 27.4 Å². The molecule has 0 N–H and O–H groups in total. The van der Waals surface area contributed by atoms with Gasteiger partial charge >= 0.3 is 0 Å². The summed E-state index contributed by atoms with van der Waals surface area (Å²) in [5, 5.41) is 0.992. The third-order valence-corrected chi connectivity index (χ3v) is 6.57. The molecule has 0 bridgehead atoms. The quantitative estimate of drug-likeness (QED) is 0.347. The molecule has 6 nitrogen and oxygen atoms in total. The van der Waals surface area contributed by atoms with Gasteiger partial charge in [0, 0.05) is 55.4 Å². The minimum absolute atomic E-state index is 0.289. The van der Waals surface area contributed by atoms with Crippen molar-refractivity contribution in [2.75, 3.05) is 52.4 Å². The van der Waals surface area contributed by atoms with Crippen LogP contribution in [0, 0.1) is 5.82 Å². The summed E-state index contributed by atoms with van der Waals surface area (Å²) in [6.07, 6.45) is 0. The summed E-state index contributed by atoms with van der Waals surface area (Å²) in [6, 6.07) is 18.5. The van der Waals surface area contributed by atoms with Gasteiger partial charge in [0.25, 0.3) is 0 Å². The maximum atomic E-state index is 13.8. The van der Waals surface area contributed by atoms with E-state index in [-0.39, 0.29) is 5.82 Å². The first-order chi connectivity index (χ1) is 17.1. The molecule has 0 spiro atoms. The van der Waals surface area contributed by atoms with Gasteiger partial charge in [-0.15, -0.1) is 0 Å². The predicted molar refractivity (Wildman–Crippen MR) is 135 cm³/mol. The number of furan rings is 1. The van der Waals surface area contributed by atoms with Gasteiger partial charge in [-0.3, -0.25) is 4.90 Å². The lowest BCUT2D eigenvalue weighted by atomic mass is 10.1. The van der Waals surface area contributed by atoms with Crippen LogP contribution in [-0.4, -0.2) is 52.4 Å². The summed E-state index contributed by atoms with van der Waals surface area (Å²) in [5.74, 6) is 2.48. The minimum atomic E-state index is -0.289. The second-order valence-corrected chi connectivity index (χ2v) is 8.59. The molecule has 1 aromatic heterocycles. The maximum absolute atomic E-state index is 13.8. The number of fused-ring (bicyclic) bond motifs is 1. The Hall–Kier alpha value is -3.71. The first-order valence-corrected chi connectivity index (χ1v) is 11.6. The van der Waals surface area contributed by atoms with Gasteiger partial charge in [0.05, 0.1) is 21.3 Å². The number of methoxy groups -OCH3 is 3. The fraction of sp³-hybridized carbons (Fsp3) is 0.286. The highest BCUT2D eigenvalue weighted by molar-refractivity contribution is 5.90. The summed E-state index contributed by atoms with van der Waals surface area (Å²) in [4.78, 5) is 4.80. The van der Waals surface area contributed by atoms with Gasteiger partial charge in [-0.2, -0.15) is 0 Å². The molecule has 7 heteroatoms. The number of hydrogen-bond donors (Lipinski definition) is 0. The van der Waals surface area contributed by atoms with Crippen LogP contribution in [0.4, 0.5) is 10.1 Å². The van der Waals surface area contributed by atoms with Crippen LogP contribution in [0.3, 0.4) is 0 Å². The number of anilines is 1. The molecule has 1 aliphatic heterocycles. The molecule has 4 aromatic rings. The van der Waals surface area contributed by atoms with E-state index >= 15 is 0 Å². The van der Waals surface area contributed by atoms with E-state index in [0.717, 1.165) is 60.9 Å². The monoisotopic (exact) mass is 476 g/mol. The van der Waals surface area contributed by atoms with Gasteiger partial charge in [0.2, 0.25) is 0 Å². The average molecular weight is 477 g/mol. The van der Waals surface area contributed by atoms with Crippen molar-refractivity contribution in [2.24, 2.45) is 0 Å². The lowest BCUT2D eigenvalue weighted by molar-refractivity contribution is 0.250. The molecule has 1 aliphatic rings. The molecule has 0 unspecified atom stereocenters. The number of rotatable bonds is 7. The summed E-state index contributed by atoms with van der Waals surface area (Å²) < 4.78 is 36.3. The summed E-state index contributed by atoms with van der Waals surface area (Å²) in [7, 11) is 4.94. The van der Waals surface area contributed by atoms with E-state index in [0.29, 0.717) is 22.7 Å². The third kappa shape index (κ3) is 4.64. The highest BCUT2D eigenvalue weighted by atomic mass is 19.1. The van der Waals surface area contributed by atoms with Gasteiger partial charge in [0.1, 0.15) is 11.6 Å². The Morgan fingerprint density at radius 1 is 0.800 bits per heavy atom. The SMILES string of the molecule is COc1ccc(N2CCN(Cc3ccc(OC)c4oc(-c5cccc(F)c5)cc34)CC2)cc1OC. The first-order valence-electron chi connectivity index (χ1n) is 11.6. The van der Waals surface area contributed by atoms with E-state index in [1.165, 1.54) is 12.1 Å². The number of piperazine rings is 1. The van der Waals surface area contributed by atoms with Gasteiger partial charge in [-0.25, -0.2) is 4.39 Å². The Balaban J connectivity index is 1.34. The minimum Gasteiger partial charge on any atom is -0.493 e. The molecule has 0 atom stereocenters. The van der Waals surface area contributed by atoms with Crippen LogP contribution in [0.15, 0.2) is 65.1 Å². The highest BCUT2D eigenvalue weighted by Gasteiger charge is 2.21. The van der Waals surface area contributed by atoms with Crippen molar-refractivity contribution in [2.45, 2.75) is 6.54 Å². The molecule has 0 radical (unpaired) electrons. The molecular weight excluding hydrogens is 447 g/mol. The summed E-state index contributed by atoms with van der Waals surface area (Å²) >= 11 is 0. The number of halogens is 1. The van der Waals surface area contributed by atoms with Crippen LogP contribution in [-0.2, 0) is 6.54 Å². The van der Waals surface area contributed by atoms with Crippen molar-refractivity contribution in [1.29, 1.82) is 0 Å². The zero-order chi connectivity index (χ0) is 24.4. The van der Waals surface area contributed by atoms with Crippen LogP contribution in [0.25, 0.3) is 22.3 Å². The zero-order valence-corrected chi connectivity index (χ0v) is 20.2. The number of benzene rings is 3. The molecule has 5 rings (SSSR count). The van der Waals surface area contributed by atoms with E-state index in [4.69, 9.17) is 18.6 Å². The molecule has 35 heavy (non-hydrogen) atoms. The molecule has 0 saturated carbocycles. The number of nitrogens with zero attached hydrogens (tertiary/aromatic N) is 2. The normalized spacial score (nSPS) is 14.3. The molecule has 1 fully saturated rings. The third-order valence-electron chi connectivity index (χ3n) is 6.57. The summed E-state index contributed by atoms with van der Waals surface area (Å²) in [6.45, 7) is 4.47. The second kappa shape index (κ2) is 9.88. The van der Waals surface area contributed by atoms with E-state index in [2.05, 4.69) is 21.9 Å². The van der Waals surface area contributed by atoms with E-state index < -0.39 is 0 Å².